The van der Waals surface area contributed by atoms with Gasteiger partial charge >= 0.3 is 5.97 Å². The highest BCUT2D eigenvalue weighted by molar-refractivity contribution is 5.74. The molecule has 4 heteroatoms. The summed E-state index contributed by atoms with van der Waals surface area (Å²) in [7, 11) is 1.63. The van der Waals surface area contributed by atoms with Gasteiger partial charge in [0.25, 0.3) is 0 Å². The van der Waals surface area contributed by atoms with E-state index in [0.717, 1.165) is 19.6 Å². The quantitative estimate of drug-likeness (QED) is 0.867. The molecule has 0 saturated carbocycles. The van der Waals surface area contributed by atoms with Crippen LogP contribution in [0.15, 0.2) is 30.3 Å². The molecule has 0 bridgehead atoms. The van der Waals surface area contributed by atoms with Crippen molar-refractivity contribution >= 4 is 5.97 Å². The molecule has 1 aliphatic heterocycles. The molecule has 1 heterocycles. The van der Waals surface area contributed by atoms with Crippen molar-refractivity contribution in [3.63, 3.8) is 0 Å². The Balaban J connectivity index is 1.91. The summed E-state index contributed by atoms with van der Waals surface area (Å²) >= 11 is 0. The average molecular weight is 277 g/mol. The van der Waals surface area contributed by atoms with E-state index in [9.17, 15) is 9.90 Å². The van der Waals surface area contributed by atoms with Gasteiger partial charge in [-0.25, -0.2) is 0 Å². The number of carboxylic acid groups (broad SMARTS) is 1. The Bertz CT molecular complexity index is 425. The van der Waals surface area contributed by atoms with Crippen LogP contribution in [0.3, 0.4) is 0 Å². The maximum absolute atomic E-state index is 11.6. The molecule has 4 nitrogen and oxygen atoms in total. The Morgan fingerprint density at radius 2 is 1.95 bits per heavy atom. The second-order valence-electron chi connectivity index (χ2n) is 5.59. The van der Waals surface area contributed by atoms with Crippen molar-refractivity contribution in [2.24, 2.45) is 5.41 Å². The van der Waals surface area contributed by atoms with E-state index < -0.39 is 11.4 Å². The van der Waals surface area contributed by atoms with Gasteiger partial charge in [-0.05, 0) is 37.9 Å². The van der Waals surface area contributed by atoms with Crippen LogP contribution in [0.25, 0.3) is 0 Å². The molecule has 1 aromatic rings. The molecule has 0 amide bonds. The summed E-state index contributed by atoms with van der Waals surface area (Å²) in [6.45, 7) is 3.10. The van der Waals surface area contributed by atoms with Crippen molar-refractivity contribution in [3.05, 3.63) is 35.9 Å². The van der Waals surface area contributed by atoms with Crippen LogP contribution >= 0.6 is 0 Å². The third kappa shape index (κ3) is 3.58. The Morgan fingerprint density at radius 3 is 2.50 bits per heavy atom. The number of carboxylic acids is 1. The zero-order valence-electron chi connectivity index (χ0n) is 12.0. The molecule has 0 atom stereocenters. The fourth-order valence-electron chi connectivity index (χ4n) is 2.85. The van der Waals surface area contributed by atoms with E-state index in [0.29, 0.717) is 25.9 Å². The van der Waals surface area contributed by atoms with Crippen molar-refractivity contribution in [1.29, 1.82) is 0 Å². The standard InChI is InChI=1S/C16H23NO3/c1-20-12-9-16(15(18)19)7-10-17(11-8-16)13-14-5-3-2-4-6-14/h2-6H,7-13H2,1H3,(H,18,19). The summed E-state index contributed by atoms with van der Waals surface area (Å²) in [6.07, 6.45) is 2.02. The highest BCUT2D eigenvalue weighted by Crippen LogP contribution is 2.35. The minimum absolute atomic E-state index is 0.519. The fraction of sp³-hybridized carbons (Fsp3) is 0.562. The molecule has 20 heavy (non-hydrogen) atoms. The Morgan fingerprint density at radius 1 is 1.30 bits per heavy atom. The van der Waals surface area contributed by atoms with Gasteiger partial charge < -0.3 is 9.84 Å². The van der Waals surface area contributed by atoms with E-state index in [1.807, 2.05) is 18.2 Å². The zero-order valence-corrected chi connectivity index (χ0v) is 12.0. The molecule has 0 unspecified atom stereocenters. The lowest BCUT2D eigenvalue weighted by Gasteiger charge is -2.38. The summed E-state index contributed by atoms with van der Waals surface area (Å²) in [5.41, 5.74) is 0.690. The van der Waals surface area contributed by atoms with Gasteiger partial charge in [0, 0.05) is 20.3 Å². The first-order valence-electron chi connectivity index (χ1n) is 7.15. The van der Waals surface area contributed by atoms with Crippen LogP contribution in [0, 0.1) is 5.41 Å². The summed E-state index contributed by atoms with van der Waals surface area (Å²) in [4.78, 5) is 13.9. The number of piperidine rings is 1. The zero-order chi connectivity index (χ0) is 14.4. The van der Waals surface area contributed by atoms with Crippen LogP contribution in [0.5, 0.6) is 0 Å². The van der Waals surface area contributed by atoms with Crippen LogP contribution in [0.2, 0.25) is 0 Å². The monoisotopic (exact) mass is 277 g/mol. The van der Waals surface area contributed by atoms with Crippen molar-refractivity contribution in [2.75, 3.05) is 26.8 Å². The molecule has 1 saturated heterocycles. The number of hydrogen-bond donors (Lipinski definition) is 1. The molecule has 0 radical (unpaired) electrons. The number of rotatable bonds is 6. The third-order valence-corrected chi connectivity index (χ3v) is 4.30. The van der Waals surface area contributed by atoms with Crippen LogP contribution in [-0.4, -0.2) is 42.8 Å². The third-order valence-electron chi connectivity index (χ3n) is 4.30. The molecule has 1 N–H and O–H groups in total. The van der Waals surface area contributed by atoms with Crippen molar-refractivity contribution in [2.45, 2.75) is 25.8 Å². The number of ether oxygens (including phenoxy) is 1. The SMILES string of the molecule is COCCC1(C(=O)O)CCN(Cc2ccccc2)CC1. The molecule has 2 rings (SSSR count). The highest BCUT2D eigenvalue weighted by Gasteiger charge is 2.40. The topological polar surface area (TPSA) is 49.8 Å². The number of nitrogens with zero attached hydrogens (tertiary/aromatic N) is 1. The van der Waals surface area contributed by atoms with E-state index >= 15 is 0 Å². The molecule has 0 aromatic heterocycles. The number of hydrogen-bond acceptors (Lipinski definition) is 3. The van der Waals surface area contributed by atoms with E-state index in [1.165, 1.54) is 5.56 Å². The molecule has 0 aliphatic carbocycles. The van der Waals surface area contributed by atoms with Gasteiger partial charge in [0.15, 0.2) is 0 Å². The summed E-state index contributed by atoms with van der Waals surface area (Å²) in [5.74, 6) is -0.672. The van der Waals surface area contributed by atoms with E-state index in [4.69, 9.17) is 4.74 Å². The Kier molecular flexibility index (Phi) is 5.15. The van der Waals surface area contributed by atoms with Crippen LogP contribution < -0.4 is 0 Å². The summed E-state index contributed by atoms with van der Waals surface area (Å²) < 4.78 is 5.07. The number of carbonyl (C=O) groups is 1. The van der Waals surface area contributed by atoms with Crippen LogP contribution in [0.4, 0.5) is 0 Å². The Labute approximate surface area is 120 Å². The van der Waals surface area contributed by atoms with Crippen LogP contribution in [-0.2, 0) is 16.1 Å². The minimum Gasteiger partial charge on any atom is -0.481 e. The molecular weight excluding hydrogens is 254 g/mol. The van der Waals surface area contributed by atoms with Gasteiger partial charge in [0.1, 0.15) is 0 Å². The van der Waals surface area contributed by atoms with Gasteiger partial charge in [0.2, 0.25) is 0 Å². The smallest absolute Gasteiger partial charge is 0.309 e. The highest BCUT2D eigenvalue weighted by atomic mass is 16.5. The number of benzene rings is 1. The van der Waals surface area contributed by atoms with Gasteiger partial charge in [0.05, 0.1) is 5.41 Å². The van der Waals surface area contributed by atoms with Crippen molar-refractivity contribution in [3.8, 4) is 0 Å². The molecule has 0 spiro atoms. The Hall–Kier alpha value is -1.39. The fourth-order valence-corrected chi connectivity index (χ4v) is 2.85. The minimum atomic E-state index is -0.672. The maximum atomic E-state index is 11.6. The second-order valence-corrected chi connectivity index (χ2v) is 5.59. The average Bonchev–Trinajstić information content (AvgIpc) is 2.47. The van der Waals surface area contributed by atoms with E-state index in [1.54, 1.807) is 7.11 Å². The lowest BCUT2D eigenvalue weighted by molar-refractivity contribution is -0.153. The molecule has 1 aromatic carbocycles. The van der Waals surface area contributed by atoms with Gasteiger partial charge in [-0.2, -0.15) is 0 Å². The number of likely N-dealkylation sites (tertiary alicyclic amines) is 1. The maximum Gasteiger partial charge on any atom is 0.309 e. The summed E-state index contributed by atoms with van der Waals surface area (Å²) in [5, 5.41) is 9.52. The normalized spacial score (nSPS) is 18.9. The molecule has 110 valence electrons. The lowest BCUT2D eigenvalue weighted by atomic mass is 9.76. The second kappa shape index (κ2) is 6.86. The first-order chi connectivity index (χ1) is 9.66. The molecule has 1 aliphatic rings. The molecule has 1 fully saturated rings. The van der Waals surface area contributed by atoms with Crippen LogP contribution in [0.1, 0.15) is 24.8 Å². The van der Waals surface area contributed by atoms with Gasteiger partial charge in [-0.15, -0.1) is 0 Å². The first-order valence-corrected chi connectivity index (χ1v) is 7.15. The number of methoxy groups -OCH3 is 1. The number of aliphatic carboxylic acids is 1. The molecular formula is C16H23NO3. The lowest BCUT2D eigenvalue weighted by Crippen LogP contribution is -2.44. The van der Waals surface area contributed by atoms with Crippen molar-refractivity contribution in [1.82, 2.24) is 4.90 Å². The van der Waals surface area contributed by atoms with E-state index in [2.05, 4.69) is 17.0 Å². The van der Waals surface area contributed by atoms with E-state index in [-0.39, 0.29) is 0 Å². The van der Waals surface area contributed by atoms with Crippen molar-refractivity contribution < 1.29 is 14.6 Å². The predicted octanol–water partition coefficient (Wildman–Crippen LogP) is 2.39. The predicted molar refractivity (Wildman–Crippen MR) is 77.5 cm³/mol. The van der Waals surface area contributed by atoms with Gasteiger partial charge in [-0.3, -0.25) is 9.69 Å². The summed E-state index contributed by atoms with van der Waals surface area (Å²) in [6, 6.07) is 10.3. The largest absolute Gasteiger partial charge is 0.481 e. The first kappa shape index (κ1) is 15.0. The van der Waals surface area contributed by atoms with Gasteiger partial charge in [-0.1, -0.05) is 30.3 Å².